The van der Waals surface area contributed by atoms with Crippen molar-refractivity contribution in [1.82, 2.24) is 41.5 Å². The van der Waals surface area contributed by atoms with Gasteiger partial charge in [-0.2, -0.15) is 5.10 Å². The van der Waals surface area contributed by atoms with Crippen molar-refractivity contribution < 1.29 is 44.4 Å². The smallest absolute Gasteiger partial charge is 0.335 e. The summed E-state index contributed by atoms with van der Waals surface area (Å²) in [6, 6.07) is 4.89. The fourth-order valence-electron chi connectivity index (χ4n) is 4.50. The van der Waals surface area contributed by atoms with E-state index >= 15 is 0 Å². The Morgan fingerprint density at radius 1 is 0.765 bits per heavy atom. The lowest BCUT2D eigenvalue weighted by Crippen LogP contribution is -2.49. The van der Waals surface area contributed by atoms with Crippen molar-refractivity contribution in [3.05, 3.63) is 30.1 Å². The van der Waals surface area contributed by atoms with Crippen LogP contribution >= 0.6 is 0 Å². The van der Waals surface area contributed by atoms with Crippen molar-refractivity contribution in [1.29, 1.82) is 0 Å². The third-order valence-corrected chi connectivity index (χ3v) is 7.55. The summed E-state index contributed by atoms with van der Waals surface area (Å²) in [4.78, 5) is 76.7. The molecule has 0 aromatic carbocycles. The van der Waals surface area contributed by atoms with Gasteiger partial charge in [-0.15, -0.1) is 0 Å². The summed E-state index contributed by atoms with van der Waals surface area (Å²) < 4.78 is 0. The van der Waals surface area contributed by atoms with Gasteiger partial charge in [0.15, 0.2) is 0 Å². The van der Waals surface area contributed by atoms with Crippen LogP contribution in [0.3, 0.4) is 0 Å². The van der Waals surface area contributed by atoms with Crippen LogP contribution in [0.4, 0.5) is 4.79 Å². The van der Waals surface area contributed by atoms with Gasteiger partial charge in [0.1, 0.15) is 6.17 Å². The molecule has 0 radical (unpaired) electrons. The zero-order valence-corrected chi connectivity index (χ0v) is 29.9. The molecule has 18 nitrogen and oxygen atoms in total. The number of nitrogens with zero attached hydrogens (tertiary/aromatic N) is 5. The Balaban J connectivity index is 2.30. The molecule has 1 aromatic heterocycles. The van der Waals surface area contributed by atoms with E-state index in [0.29, 0.717) is 84.6 Å². The van der Waals surface area contributed by atoms with Crippen molar-refractivity contribution >= 4 is 41.3 Å². The highest BCUT2D eigenvalue weighted by Gasteiger charge is 2.24. The molecule has 0 aliphatic rings. The van der Waals surface area contributed by atoms with E-state index in [4.69, 9.17) is 0 Å². The second-order valence-electron chi connectivity index (χ2n) is 11.9. The maximum Gasteiger partial charge on any atom is 0.335 e. The molecule has 286 valence electrons. The maximum absolute atomic E-state index is 12.6. The molecule has 1 atom stereocenters. The standard InChI is InChI=1S/C33H55N9O9/c1-4-5-15-28(42(51)32(47)19-16-29(44)35-21-9-6-12-23-40(49)26(3)43)37-30(45)17-18-31(46)41(50)24-13-7-10-22-36-33(48)39-38-25(2)27-14-8-11-20-34-27/h8,11,14,20,28,49-51H,4-7,9-10,12-13,15-19,21-24H2,1-3H3,(H,35,44)(H,37,45)(H2,36,39,48)/b38-25+. The van der Waals surface area contributed by atoms with Gasteiger partial charge in [0, 0.05) is 65.0 Å². The Hall–Kier alpha value is -4.68. The number of rotatable bonds is 25. The Morgan fingerprint density at radius 3 is 2.02 bits per heavy atom. The zero-order chi connectivity index (χ0) is 38.0. The molecule has 0 fully saturated rings. The lowest BCUT2D eigenvalue weighted by atomic mass is 10.1. The number of pyridine rings is 1. The Labute approximate surface area is 298 Å². The average molecular weight is 722 g/mol. The van der Waals surface area contributed by atoms with Crippen LogP contribution in [0.5, 0.6) is 0 Å². The number of carbonyl (C=O) groups is 6. The predicted octanol–water partition coefficient (Wildman–Crippen LogP) is 2.43. The summed E-state index contributed by atoms with van der Waals surface area (Å²) in [6.45, 7) is 5.83. The van der Waals surface area contributed by atoms with Gasteiger partial charge in [0.2, 0.25) is 29.5 Å². The van der Waals surface area contributed by atoms with E-state index in [1.54, 1.807) is 25.3 Å². The van der Waals surface area contributed by atoms with E-state index in [0.717, 1.165) is 6.42 Å². The van der Waals surface area contributed by atoms with Crippen molar-refractivity contribution in [3.63, 3.8) is 0 Å². The summed E-state index contributed by atoms with van der Waals surface area (Å²) in [5.74, 6) is -2.85. The molecule has 1 rings (SSSR count). The second kappa shape index (κ2) is 26.2. The summed E-state index contributed by atoms with van der Waals surface area (Å²) in [6.07, 6.45) is 4.60. The van der Waals surface area contributed by atoms with E-state index in [9.17, 15) is 44.4 Å². The molecule has 18 heteroatoms. The van der Waals surface area contributed by atoms with Crippen LogP contribution in [-0.4, -0.2) is 109 Å². The van der Waals surface area contributed by atoms with Gasteiger partial charge >= 0.3 is 6.03 Å². The molecule has 1 aromatic rings. The normalized spacial score (nSPS) is 11.6. The quantitative estimate of drug-likeness (QED) is 0.0256. The fraction of sp³-hybridized carbons (Fsp3) is 0.636. The van der Waals surface area contributed by atoms with Crippen LogP contribution in [0.15, 0.2) is 29.5 Å². The highest BCUT2D eigenvalue weighted by molar-refractivity contribution is 5.97. The van der Waals surface area contributed by atoms with E-state index < -0.39 is 35.8 Å². The first-order valence-corrected chi connectivity index (χ1v) is 17.4. The first-order valence-electron chi connectivity index (χ1n) is 17.4. The molecule has 1 heterocycles. The Bertz CT molecular complexity index is 1270. The number of urea groups is 1. The third kappa shape index (κ3) is 20.6. The number of amides is 7. The summed E-state index contributed by atoms with van der Waals surface area (Å²) in [5, 5.41) is 43.4. The number of hydrogen-bond acceptors (Lipinski definition) is 11. The number of aromatic nitrogens is 1. The van der Waals surface area contributed by atoms with E-state index in [1.165, 1.54) is 6.92 Å². The Kier molecular flexibility index (Phi) is 22.8. The maximum atomic E-state index is 12.6. The van der Waals surface area contributed by atoms with Crippen LogP contribution < -0.4 is 21.4 Å². The van der Waals surface area contributed by atoms with Gasteiger partial charge in [0.05, 0.1) is 11.4 Å². The fourth-order valence-corrected chi connectivity index (χ4v) is 4.50. The molecule has 0 spiro atoms. The van der Waals surface area contributed by atoms with E-state index in [1.807, 2.05) is 13.0 Å². The molecule has 51 heavy (non-hydrogen) atoms. The molecular weight excluding hydrogens is 666 g/mol. The molecule has 0 bridgehead atoms. The number of unbranched alkanes of at least 4 members (excludes halogenated alkanes) is 5. The lowest BCUT2D eigenvalue weighted by molar-refractivity contribution is -0.181. The van der Waals surface area contributed by atoms with Crippen LogP contribution in [0.25, 0.3) is 0 Å². The van der Waals surface area contributed by atoms with Crippen LogP contribution in [0, 0.1) is 0 Å². The SMILES string of the molecule is CCCCC(NC(=O)CCC(=O)N(O)CCCCCNC(=O)N/N=C(\C)c1ccccn1)N(O)C(=O)CCC(=O)NCCCCCN(O)C(C)=O. The molecule has 7 N–H and O–H groups in total. The third-order valence-electron chi connectivity index (χ3n) is 7.55. The number of carbonyl (C=O) groups excluding carboxylic acids is 6. The lowest BCUT2D eigenvalue weighted by Gasteiger charge is -2.27. The Morgan fingerprint density at radius 2 is 1.39 bits per heavy atom. The highest BCUT2D eigenvalue weighted by Crippen LogP contribution is 2.09. The summed E-state index contributed by atoms with van der Waals surface area (Å²) >= 11 is 0. The second-order valence-corrected chi connectivity index (χ2v) is 11.9. The van der Waals surface area contributed by atoms with E-state index in [-0.39, 0.29) is 51.1 Å². The van der Waals surface area contributed by atoms with Gasteiger partial charge in [-0.25, -0.2) is 25.4 Å². The molecule has 0 aliphatic heterocycles. The molecule has 1 unspecified atom stereocenters. The number of hydroxylamine groups is 6. The summed E-state index contributed by atoms with van der Waals surface area (Å²) in [5.41, 5.74) is 3.59. The molecule has 7 amide bonds. The average Bonchev–Trinajstić information content (AvgIpc) is 3.12. The first-order chi connectivity index (χ1) is 24.3. The van der Waals surface area contributed by atoms with Gasteiger partial charge in [-0.3, -0.25) is 44.6 Å². The van der Waals surface area contributed by atoms with Crippen molar-refractivity contribution in [2.45, 2.75) is 110 Å². The number of hydrogen-bond donors (Lipinski definition) is 7. The monoisotopic (exact) mass is 721 g/mol. The highest BCUT2D eigenvalue weighted by atomic mass is 16.5. The number of nitrogens with one attached hydrogen (secondary N) is 4. The van der Waals surface area contributed by atoms with Gasteiger partial charge in [0.25, 0.3) is 0 Å². The molecule has 0 aliphatic carbocycles. The molecular formula is C33H55N9O9. The largest absolute Gasteiger partial charge is 0.356 e. The number of hydrazone groups is 1. The van der Waals surface area contributed by atoms with Gasteiger partial charge in [-0.05, 0) is 70.4 Å². The minimum Gasteiger partial charge on any atom is -0.356 e. The van der Waals surface area contributed by atoms with Crippen LogP contribution in [0.1, 0.15) is 110 Å². The van der Waals surface area contributed by atoms with Crippen molar-refractivity contribution in [2.75, 3.05) is 26.2 Å². The first kappa shape index (κ1) is 44.3. The molecule has 0 saturated carbocycles. The zero-order valence-electron chi connectivity index (χ0n) is 29.9. The predicted molar refractivity (Wildman–Crippen MR) is 185 cm³/mol. The minimum absolute atomic E-state index is 0.0371. The molecule has 0 saturated heterocycles. The van der Waals surface area contributed by atoms with Gasteiger partial charge < -0.3 is 16.0 Å². The topological polar surface area (TPSA) is 246 Å². The van der Waals surface area contributed by atoms with Gasteiger partial charge in [-0.1, -0.05) is 19.4 Å². The van der Waals surface area contributed by atoms with Crippen molar-refractivity contribution in [3.8, 4) is 0 Å². The van der Waals surface area contributed by atoms with E-state index in [2.05, 4.69) is 31.5 Å². The van der Waals surface area contributed by atoms with Crippen molar-refractivity contribution in [2.24, 2.45) is 5.10 Å². The summed E-state index contributed by atoms with van der Waals surface area (Å²) in [7, 11) is 0. The van der Waals surface area contributed by atoms with Crippen LogP contribution in [-0.2, 0) is 24.0 Å². The van der Waals surface area contributed by atoms with Crippen LogP contribution in [0.2, 0.25) is 0 Å². The minimum atomic E-state index is -1.05.